The molecule has 4 saturated heterocycles. The lowest BCUT2D eigenvalue weighted by Crippen LogP contribution is -2.51. The second kappa shape index (κ2) is 8.99. The molecule has 4 aromatic rings. The number of phenolic OH excluding ortho intramolecular Hbond substituents is 1. The normalized spacial score (nSPS) is 27.6. The van der Waals surface area contributed by atoms with Gasteiger partial charge in [0.1, 0.15) is 29.4 Å². The minimum Gasteiger partial charge on any atom is -0.508 e. The van der Waals surface area contributed by atoms with E-state index >= 15 is 4.39 Å². The third-order valence-electron chi connectivity index (χ3n) is 9.11. The van der Waals surface area contributed by atoms with Gasteiger partial charge < -0.3 is 20.1 Å². The van der Waals surface area contributed by atoms with Gasteiger partial charge in [-0.05, 0) is 61.1 Å². The van der Waals surface area contributed by atoms with Crippen molar-refractivity contribution in [2.24, 2.45) is 5.92 Å². The van der Waals surface area contributed by atoms with Crippen molar-refractivity contribution in [3.63, 3.8) is 0 Å². The highest BCUT2D eigenvalue weighted by molar-refractivity contribution is 5.99. The van der Waals surface area contributed by atoms with Crippen LogP contribution >= 0.6 is 0 Å². The maximum Gasteiger partial charge on any atom is 0.319 e. The first-order valence-corrected chi connectivity index (χ1v) is 14.1. The molecule has 8 rings (SSSR count). The molecular formula is C30H31FN6O2. The second-order valence-electron chi connectivity index (χ2n) is 11.6. The highest BCUT2D eigenvalue weighted by Gasteiger charge is 2.38. The van der Waals surface area contributed by atoms with E-state index in [0.717, 1.165) is 62.1 Å². The second-order valence-corrected chi connectivity index (χ2v) is 11.6. The predicted molar refractivity (Wildman–Crippen MR) is 148 cm³/mol. The zero-order valence-electron chi connectivity index (χ0n) is 21.7. The fraction of sp³-hybridized carbons (Fsp3) is 0.433. The van der Waals surface area contributed by atoms with Crippen LogP contribution in [0.1, 0.15) is 25.7 Å². The summed E-state index contributed by atoms with van der Waals surface area (Å²) in [5.41, 5.74) is 0.888. The van der Waals surface area contributed by atoms with Crippen molar-refractivity contribution in [3.8, 4) is 23.0 Å². The van der Waals surface area contributed by atoms with Crippen molar-refractivity contribution < 1.29 is 14.2 Å². The lowest BCUT2D eigenvalue weighted by Gasteiger charge is -2.34. The molecule has 6 heterocycles. The summed E-state index contributed by atoms with van der Waals surface area (Å²) in [6.07, 6.45) is 6.34. The Bertz CT molecular complexity index is 1590. The Kier molecular flexibility index (Phi) is 5.38. The number of rotatable bonds is 5. The summed E-state index contributed by atoms with van der Waals surface area (Å²) in [5.74, 6) is 0.972. The number of aromatic hydroxyl groups is 1. The number of aromatic nitrogens is 3. The largest absolute Gasteiger partial charge is 0.508 e. The number of hydrogen-bond acceptors (Lipinski definition) is 8. The predicted octanol–water partition coefficient (Wildman–Crippen LogP) is 4.10. The van der Waals surface area contributed by atoms with Gasteiger partial charge in [-0.1, -0.05) is 24.3 Å². The van der Waals surface area contributed by atoms with Gasteiger partial charge in [0.15, 0.2) is 5.82 Å². The molecule has 0 radical (unpaired) electrons. The molecule has 2 aromatic heterocycles. The standard InChI is InChI=1S/C30H31FN6O2/c31-26-27(24-11-22(38)10-18-3-1-2-4-23(18)24)32-12-25-28(26)34-30(39-16-21-9-17-7-8-36(21)13-17)35-29(25)37-14-19-5-6-20(15-37)33-19/h1-4,10-12,17,19-21,33,38H,5-9,13-16H2/t17?,19?,20?,21-/m0/s1. The van der Waals surface area contributed by atoms with Gasteiger partial charge in [0.05, 0.1) is 5.39 Å². The monoisotopic (exact) mass is 526 g/mol. The maximum atomic E-state index is 16.4. The summed E-state index contributed by atoms with van der Waals surface area (Å²) >= 11 is 0. The molecule has 5 atom stereocenters. The number of piperidine rings is 1. The van der Waals surface area contributed by atoms with E-state index in [1.54, 1.807) is 18.3 Å². The van der Waals surface area contributed by atoms with Crippen molar-refractivity contribution >= 4 is 27.5 Å². The lowest BCUT2D eigenvalue weighted by molar-refractivity contribution is 0.163. The SMILES string of the molecule is Oc1cc(-c2ncc3c(N4CC5CCC(C4)N5)nc(OC[C@@H]4CC5CCN4C5)nc3c2F)c2ccccc2c1. The number of phenols is 1. The molecule has 0 amide bonds. The Morgan fingerprint density at radius 2 is 1.87 bits per heavy atom. The number of benzene rings is 2. The number of hydrogen-bond donors (Lipinski definition) is 2. The molecule has 39 heavy (non-hydrogen) atoms. The molecule has 2 N–H and O–H groups in total. The van der Waals surface area contributed by atoms with Crippen LogP contribution in [0.3, 0.4) is 0 Å². The van der Waals surface area contributed by atoms with E-state index in [-0.39, 0.29) is 23.0 Å². The molecule has 4 aliphatic heterocycles. The van der Waals surface area contributed by atoms with Crippen LogP contribution in [-0.4, -0.2) is 75.9 Å². The van der Waals surface area contributed by atoms with Gasteiger partial charge in [0.25, 0.3) is 0 Å². The first kappa shape index (κ1) is 23.3. The maximum absolute atomic E-state index is 16.4. The van der Waals surface area contributed by atoms with Crippen LogP contribution < -0.4 is 15.0 Å². The van der Waals surface area contributed by atoms with Crippen LogP contribution in [0.15, 0.2) is 42.6 Å². The summed E-state index contributed by atoms with van der Waals surface area (Å²) in [6.45, 7) is 4.38. The van der Waals surface area contributed by atoms with Gasteiger partial charge in [-0.25, -0.2) is 4.39 Å². The van der Waals surface area contributed by atoms with Crippen LogP contribution in [0.5, 0.6) is 11.8 Å². The van der Waals surface area contributed by atoms with Crippen molar-refractivity contribution in [3.05, 3.63) is 48.4 Å². The number of halogens is 1. The van der Waals surface area contributed by atoms with Crippen molar-refractivity contribution in [1.29, 1.82) is 0 Å². The van der Waals surface area contributed by atoms with Crippen LogP contribution in [0.4, 0.5) is 10.2 Å². The van der Waals surface area contributed by atoms with E-state index < -0.39 is 5.82 Å². The molecule has 4 aliphatic rings. The zero-order chi connectivity index (χ0) is 26.1. The van der Waals surface area contributed by atoms with Gasteiger partial charge in [-0.3, -0.25) is 9.88 Å². The van der Waals surface area contributed by atoms with Gasteiger partial charge >= 0.3 is 6.01 Å². The first-order chi connectivity index (χ1) is 19.1. The summed E-state index contributed by atoms with van der Waals surface area (Å²) in [5, 5.41) is 16.3. The number of nitrogens with zero attached hydrogens (tertiary/aromatic N) is 5. The van der Waals surface area contributed by atoms with Gasteiger partial charge in [-0.15, -0.1) is 0 Å². The minimum atomic E-state index is -0.529. The van der Waals surface area contributed by atoms with Crippen molar-refractivity contribution in [1.82, 2.24) is 25.2 Å². The molecule has 0 aliphatic carbocycles. The Balaban J connectivity index is 1.24. The van der Waals surface area contributed by atoms with E-state index in [0.29, 0.717) is 41.5 Å². The number of fused-ring (bicyclic) bond motifs is 6. The zero-order valence-corrected chi connectivity index (χ0v) is 21.7. The summed E-state index contributed by atoms with van der Waals surface area (Å²) in [7, 11) is 0. The summed E-state index contributed by atoms with van der Waals surface area (Å²) in [6, 6.07) is 12.2. The topological polar surface area (TPSA) is 86.6 Å². The number of anilines is 1. The smallest absolute Gasteiger partial charge is 0.319 e. The van der Waals surface area contributed by atoms with E-state index in [2.05, 4.69) is 25.1 Å². The quantitative estimate of drug-likeness (QED) is 0.402. The molecule has 4 bridgehead atoms. The third-order valence-corrected chi connectivity index (χ3v) is 9.11. The first-order valence-electron chi connectivity index (χ1n) is 14.1. The fourth-order valence-electron chi connectivity index (χ4n) is 7.24. The number of piperazine rings is 1. The molecule has 0 spiro atoms. The summed E-state index contributed by atoms with van der Waals surface area (Å²) < 4.78 is 22.7. The Morgan fingerprint density at radius 3 is 2.67 bits per heavy atom. The Hall–Kier alpha value is -3.56. The minimum absolute atomic E-state index is 0.0644. The average molecular weight is 527 g/mol. The number of ether oxygens (including phenoxy) is 1. The third kappa shape index (κ3) is 3.98. The number of pyridine rings is 1. The van der Waals surface area contributed by atoms with E-state index in [1.165, 1.54) is 6.42 Å². The molecule has 2 aromatic carbocycles. The van der Waals surface area contributed by atoms with Crippen LogP contribution in [-0.2, 0) is 0 Å². The molecule has 200 valence electrons. The van der Waals surface area contributed by atoms with E-state index in [4.69, 9.17) is 9.72 Å². The Labute approximate surface area is 225 Å². The van der Waals surface area contributed by atoms with Crippen molar-refractivity contribution in [2.45, 2.75) is 43.8 Å². The lowest BCUT2D eigenvalue weighted by atomic mass is 10.00. The van der Waals surface area contributed by atoms with Gasteiger partial charge in [-0.2, -0.15) is 9.97 Å². The average Bonchev–Trinajstić information content (AvgIpc) is 3.67. The summed E-state index contributed by atoms with van der Waals surface area (Å²) in [4.78, 5) is 18.8. The van der Waals surface area contributed by atoms with E-state index in [9.17, 15) is 5.11 Å². The van der Waals surface area contributed by atoms with Gasteiger partial charge in [0.2, 0.25) is 0 Å². The highest BCUT2D eigenvalue weighted by atomic mass is 19.1. The molecular weight excluding hydrogens is 495 g/mol. The van der Waals surface area contributed by atoms with Crippen LogP contribution in [0.2, 0.25) is 0 Å². The highest BCUT2D eigenvalue weighted by Crippen LogP contribution is 2.38. The molecule has 8 nitrogen and oxygen atoms in total. The molecule has 4 unspecified atom stereocenters. The van der Waals surface area contributed by atoms with Crippen molar-refractivity contribution in [2.75, 3.05) is 37.7 Å². The molecule has 4 fully saturated rings. The van der Waals surface area contributed by atoms with Crippen LogP contribution in [0, 0.1) is 11.7 Å². The van der Waals surface area contributed by atoms with E-state index in [1.807, 2.05) is 24.3 Å². The molecule has 0 saturated carbocycles. The van der Waals surface area contributed by atoms with Gasteiger partial charge in [0, 0.05) is 49.5 Å². The molecule has 9 heteroatoms. The number of nitrogens with one attached hydrogen (secondary N) is 1. The fourth-order valence-corrected chi connectivity index (χ4v) is 7.24. The van der Waals surface area contributed by atoms with Crippen LogP contribution in [0.25, 0.3) is 32.9 Å². The Morgan fingerprint density at radius 1 is 1.03 bits per heavy atom.